The Morgan fingerprint density at radius 3 is 2.21 bits per heavy atom. The molecule has 0 aromatic carbocycles. The van der Waals surface area contributed by atoms with Crippen LogP contribution in [0.5, 0.6) is 0 Å². The number of hydrogen-bond donors (Lipinski definition) is 2. The van der Waals surface area contributed by atoms with Gasteiger partial charge in [0.25, 0.3) is 0 Å². The molecule has 0 aliphatic carbocycles. The van der Waals surface area contributed by atoms with Gasteiger partial charge in [0, 0.05) is 39.2 Å². The quantitative estimate of drug-likeness (QED) is 0.143. The monoisotopic (exact) mass is 885 g/mol. The number of likely N-dealkylation sites (N-methyl/N-ethyl adjacent to an activating group) is 1. The van der Waals surface area contributed by atoms with Gasteiger partial charge in [-0.05, 0) is 73.0 Å². The smallest absolute Gasteiger partial charge is 0.462 e. The Morgan fingerprint density at radius 1 is 0.935 bits per heavy atom. The molecule has 0 amide bonds. The van der Waals surface area contributed by atoms with Crippen LogP contribution in [0.15, 0.2) is 24.3 Å². The summed E-state index contributed by atoms with van der Waals surface area (Å²) in [5.74, 6) is -3.04. The number of aldehydes is 1. The van der Waals surface area contributed by atoms with Crippen molar-refractivity contribution in [2.75, 3.05) is 27.8 Å². The molecule has 0 radical (unpaired) electrons. The van der Waals surface area contributed by atoms with E-state index in [9.17, 15) is 34.2 Å². The first-order chi connectivity index (χ1) is 29.3. The molecule has 18 nitrogen and oxygen atoms in total. The number of nitrogens with zero attached hydrogens (tertiary/aromatic N) is 1. The zero-order valence-corrected chi connectivity index (χ0v) is 38.2. The highest BCUT2D eigenvalue weighted by Gasteiger charge is 2.53. The minimum Gasteiger partial charge on any atom is -0.462 e. The molecule has 3 aliphatic heterocycles. The first-order valence-corrected chi connectivity index (χ1v) is 21.7. The van der Waals surface area contributed by atoms with Gasteiger partial charge in [-0.25, -0.2) is 4.79 Å². The number of ether oxygens (including phenoxy) is 10. The maximum atomic E-state index is 13.4. The lowest BCUT2D eigenvalue weighted by molar-refractivity contribution is -0.344. The number of esters is 3. The third-order valence-corrected chi connectivity index (χ3v) is 11.3. The lowest BCUT2D eigenvalue weighted by Gasteiger charge is -2.50. The fraction of sp³-hybridized carbons (Fsp3) is 0.795. The lowest BCUT2D eigenvalue weighted by Crippen LogP contribution is -2.66. The Morgan fingerprint density at radius 2 is 1.61 bits per heavy atom. The molecule has 3 rings (SSSR count). The van der Waals surface area contributed by atoms with Crippen LogP contribution in [0.2, 0.25) is 0 Å². The molecule has 0 bridgehead atoms. The molecular weight excluding hydrogens is 814 g/mol. The van der Waals surface area contributed by atoms with Crippen LogP contribution < -0.4 is 0 Å². The normalized spacial score (nSPS) is 38.5. The summed E-state index contributed by atoms with van der Waals surface area (Å²) in [6, 6.07) is -0.815. The summed E-state index contributed by atoms with van der Waals surface area (Å²) in [4.78, 5) is 65.4. The second kappa shape index (κ2) is 25.1. The maximum Gasteiger partial charge on any atom is 0.508 e. The molecule has 0 spiro atoms. The number of cyclic esters (lactones) is 1. The first kappa shape index (κ1) is 52.9. The van der Waals surface area contributed by atoms with Gasteiger partial charge in [0.05, 0.1) is 37.4 Å². The van der Waals surface area contributed by atoms with Crippen molar-refractivity contribution in [3.05, 3.63) is 24.3 Å². The molecule has 0 aromatic heterocycles. The van der Waals surface area contributed by atoms with E-state index in [0.29, 0.717) is 12.7 Å². The molecule has 3 heterocycles. The fourth-order valence-electron chi connectivity index (χ4n) is 8.23. The van der Waals surface area contributed by atoms with Crippen molar-refractivity contribution in [3.63, 3.8) is 0 Å². The van der Waals surface area contributed by atoms with Crippen LogP contribution in [0.1, 0.15) is 100 Å². The number of aliphatic hydroxyl groups is 2. The molecule has 354 valence electrons. The Hall–Kier alpha value is -3.49. The number of aliphatic hydroxyl groups excluding tert-OH is 1. The van der Waals surface area contributed by atoms with Gasteiger partial charge in [-0.1, -0.05) is 39.0 Å². The van der Waals surface area contributed by atoms with Crippen LogP contribution in [0.4, 0.5) is 4.79 Å². The third-order valence-electron chi connectivity index (χ3n) is 11.3. The molecule has 0 saturated carbocycles. The summed E-state index contributed by atoms with van der Waals surface area (Å²) in [7, 11) is 4.82. The highest BCUT2D eigenvalue weighted by molar-refractivity contribution is 5.72. The molecule has 62 heavy (non-hydrogen) atoms. The van der Waals surface area contributed by atoms with E-state index in [1.165, 1.54) is 7.11 Å². The Balaban J connectivity index is 2.08. The third kappa shape index (κ3) is 15.1. The summed E-state index contributed by atoms with van der Waals surface area (Å²) in [6.07, 6.45) is -5.61. The molecule has 3 aliphatic rings. The zero-order chi connectivity index (χ0) is 46.3. The predicted octanol–water partition coefficient (Wildman–Crippen LogP) is 3.95. The van der Waals surface area contributed by atoms with Crippen LogP contribution in [0.3, 0.4) is 0 Å². The van der Waals surface area contributed by atoms with Crippen LogP contribution in [0.25, 0.3) is 0 Å². The summed E-state index contributed by atoms with van der Waals surface area (Å²) in [5.41, 5.74) is -1.51. The minimum absolute atomic E-state index is 0.0277. The molecule has 2 N–H and O–H groups in total. The van der Waals surface area contributed by atoms with Crippen LogP contribution in [-0.4, -0.2) is 159 Å². The average molecular weight is 886 g/mol. The SMILES string of the molecule is CCOC(=O)O[C@H]1/C=C/C=C/C[C@@H](C)OC(=O)C[C@@H](OC(=O)CC)C(OC)[C@@H](O[C@@H]2O[C@H](C)[C@@H](O[C@H]3C[C@@](C)(O)[C@@H](OC(=O)CC)[C@H](C)O3)[C@H](N(C)C)[C@H]2O)[C@@H](CC=O)C[C@H]1C. The summed E-state index contributed by atoms with van der Waals surface area (Å²) in [6.45, 7) is 13.5. The van der Waals surface area contributed by atoms with Gasteiger partial charge in [-0.2, -0.15) is 0 Å². The molecule has 1 unspecified atom stereocenters. The van der Waals surface area contributed by atoms with Crippen molar-refractivity contribution < 1.29 is 81.6 Å². The van der Waals surface area contributed by atoms with E-state index in [-0.39, 0.29) is 38.7 Å². The Bertz CT molecular complexity index is 1500. The molecule has 16 atom stereocenters. The van der Waals surface area contributed by atoms with Crippen molar-refractivity contribution in [2.45, 2.75) is 186 Å². The van der Waals surface area contributed by atoms with E-state index < -0.39 is 128 Å². The number of rotatable bonds is 14. The van der Waals surface area contributed by atoms with Gasteiger partial charge in [0.15, 0.2) is 18.7 Å². The van der Waals surface area contributed by atoms with Crippen molar-refractivity contribution in [1.82, 2.24) is 4.90 Å². The zero-order valence-electron chi connectivity index (χ0n) is 38.2. The molecule has 2 fully saturated rings. The Labute approximate surface area is 365 Å². The standard InChI is InChI=1S/C44H71NO17/c1-12-32(47)58-31-23-34(49)55-26(5)18-16-15-17-19-30(59-43(51)54-14-3)25(4)22-29(20-21-46)39(40(31)53-11)62-42-37(50)36(45(9)10)38(27(6)57-42)61-35-24-44(8,52)41(28(7)56-35)60-33(48)13-2/h15-17,19,21,25-31,35-42,50,52H,12-14,18,20,22-24H2,1-11H3/b16-15+,19-17+/t25-,26-,27-,28+,29+,30+,31-,35+,36-,37-,38-,39+,40?,41+,42+,44-/m1/s1. The summed E-state index contributed by atoms with van der Waals surface area (Å²) < 4.78 is 59.6. The fourth-order valence-corrected chi connectivity index (χ4v) is 8.23. The van der Waals surface area contributed by atoms with Crippen LogP contribution in [-0.2, 0) is 66.5 Å². The number of carbonyl (C=O) groups excluding carboxylic acids is 5. The number of carbonyl (C=O) groups is 5. The predicted molar refractivity (Wildman–Crippen MR) is 221 cm³/mol. The highest BCUT2D eigenvalue weighted by atomic mass is 16.7. The van der Waals surface area contributed by atoms with Gasteiger partial charge >= 0.3 is 24.1 Å². The molecular formula is C44H71NO17. The topological polar surface area (TPSA) is 221 Å². The number of hydrogen-bond acceptors (Lipinski definition) is 18. The Kier molecular flexibility index (Phi) is 21.4. The second-order valence-corrected chi connectivity index (χ2v) is 16.7. The van der Waals surface area contributed by atoms with Gasteiger partial charge in [0.1, 0.15) is 48.5 Å². The summed E-state index contributed by atoms with van der Waals surface area (Å²) >= 11 is 0. The van der Waals surface area contributed by atoms with Gasteiger partial charge in [-0.3, -0.25) is 14.4 Å². The maximum absolute atomic E-state index is 13.4. The van der Waals surface area contributed by atoms with Crippen LogP contribution in [0, 0.1) is 11.8 Å². The second-order valence-electron chi connectivity index (χ2n) is 16.7. The van der Waals surface area contributed by atoms with Gasteiger partial charge < -0.3 is 67.3 Å². The van der Waals surface area contributed by atoms with E-state index in [2.05, 4.69) is 0 Å². The average Bonchev–Trinajstić information content (AvgIpc) is 3.19. The van der Waals surface area contributed by atoms with Crippen molar-refractivity contribution >= 4 is 30.3 Å². The van der Waals surface area contributed by atoms with E-state index in [4.69, 9.17) is 47.4 Å². The molecule has 18 heteroatoms. The van der Waals surface area contributed by atoms with Crippen molar-refractivity contribution in [1.29, 1.82) is 0 Å². The van der Waals surface area contributed by atoms with Gasteiger partial charge in [0.2, 0.25) is 0 Å². The van der Waals surface area contributed by atoms with Crippen molar-refractivity contribution in [3.8, 4) is 0 Å². The van der Waals surface area contributed by atoms with E-state index in [1.54, 1.807) is 91.8 Å². The van der Waals surface area contributed by atoms with Crippen LogP contribution >= 0.6 is 0 Å². The summed E-state index contributed by atoms with van der Waals surface area (Å²) in [5, 5.41) is 23.6. The molecule has 0 aromatic rings. The van der Waals surface area contributed by atoms with E-state index in [1.807, 2.05) is 6.92 Å². The lowest BCUT2D eigenvalue weighted by atomic mass is 9.82. The van der Waals surface area contributed by atoms with E-state index >= 15 is 0 Å². The van der Waals surface area contributed by atoms with E-state index in [0.717, 1.165) is 0 Å². The minimum atomic E-state index is -1.51. The van der Waals surface area contributed by atoms with Crippen molar-refractivity contribution in [2.24, 2.45) is 11.8 Å². The van der Waals surface area contributed by atoms with Gasteiger partial charge in [-0.15, -0.1) is 0 Å². The largest absolute Gasteiger partial charge is 0.508 e. The number of allylic oxidation sites excluding steroid dienone is 2. The highest BCUT2D eigenvalue weighted by Crippen LogP contribution is 2.38. The molecule has 2 saturated heterocycles. The first-order valence-electron chi connectivity index (χ1n) is 21.7. The number of methoxy groups -OCH3 is 1.